The van der Waals surface area contributed by atoms with E-state index in [1.54, 1.807) is 12.1 Å². The fourth-order valence-corrected chi connectivity index (χ4v) is 6.31. The molecule has 0 aliphatic carbocycles. The maximum atomic E-state index is 15.0. The standard InChI is InChI=1S/C44H59FO7/c1-5-7-9-11-16-21-36(50-32-44(4)30-48-31-44)22-17-27-49-41-28-35(23-25-38(41)34-19-14-12-15-20-34)42(46)52-37-24-26-39(40(45)29-37)43(47)51-33(3)18-13-10-8-6-2/h12,14-15,19-20,23-26,28-29,33,36H,5-11,13,16-18,21-22,27,30-32H2,1-4H3/t33-,36?/m1/s1. The molecular weight excluding hydrogens is 659 g/mol. The first-order chi connectivity index (χ1) is 25.2. The fourth-order valence-electron chi connectivity index (χ4n) is 6.31. The van der Waals surface area contributed by atoms with Crippen LogP contribution >= 0.6 is 0 Å². The van der Waals surface area contributed by atoms with Gasteiger partial charge in [0.25, 0.3) is 0 Å². The van der Waals surface area contributed by atoms with E-state index in [0.29, 0.717) is 19.0 Å². The number of carbonyl (C=O) groups is 2. The van der Waals surface area contributed by atoms with Crippen molar-refractivity contribution in [1.82, 2.24) is 0 Å². The van der Waals surface area contributed by atoms with Gasteiger partial charge in [0.05, 0.1) is 49.8 Å². The second-order valence-corrected chi connectivity index (χ2v) is 14.6. The summed E-state index contributed by atoms with van der Waals surface area (Å²) in [7, 11) is 0. The van der Waals surface area contributed by atoms with Gasteiger partial charge in [-0.2, -0.15) is 0 Å². The summed E-state index contributed by atoms with van der Waals surface area (Å²) in [5, 5.41) is 0. The Kier molecular flexibility index (Phi) is 17.1. The Morgan fingerprint density at radius 2 is 1.50 bits per heavy atom. The van der Waals surface area contributed by atoms with Crippen LogP contribution < -0.4 is 9.47 Å². The zero-order chi connectivity index (χ0) is 37.2. The van der Waals surface area contributed by atoms with Gasteiger partial charge >= 0.3 is 11.9 Å². The number of carbonyl (C=O) groups excluding carboxylic acids is 2. The van der Waals surface area contributed by atoms with Gasteiger partial charge in [-0.3, -0.25) is 0 Å². The van der Waals surface area contributed by atoms with Gasteiger partial charge < -0.3 is 23.7 Å². The molecule has 0 bridgehead atoms. The predicted molar refractivity (Wildman–Crippen MR) is 204 cm³/mol. The number of rotatable bonds is 24. The smallest absolute Gasteiger partial charge is 0.343 e. The van der Waals surface area contributed by atoms with Crippen molar-refractivity contribution in [2.75, 3.05) is 26.4 Å². The number of halogens is 1. The van der Waals surface area contributed by atoms with Gasteiger partial charge in [0.1, 0.15) is 17.3 Å². The fraction of sp³-hybridized carbons (Fsp3) is 0.545. The third-order valence-electron chi connectivity index (χ3n) is 9.57. The van der Waals surface area contributed by atoms with E-state index in [4.69, 9.17) is 23.7 Å². The normalized spacial score (nSPS) is 14.6. The van der Waals surface area contributed by atoms with E-state index in [9.17, 15) is 9.59 Å². The molecule has 0 N–H and O–H groups in total. The highest BCUT2D eigenvalue weighted by molar-refractivity contribution is 5.93. The average molecular weight is 719 g/mol. The van der Waals surface area contributed by atoms with E-state index in [1.807, 2.05) is 43.3 Å². The zero-order valence-corrected chi connectivity index (χ0v) is 31.8. The zero-order valence-electron chi connectivity index (χ0n) is 31.8. The van der Waals surface area contributed by atoms with Crippen molar-refractivity contribution in [2.24, 2.45) is 5.41 Å². The third kappa shape index (κ3) is 13.3. The molecule has 8 heteroatoms. The highest BCUT2D eigenvalue weighted by Crippen LogP contribution is 2.33. The molecule has 0 saturated carbocycles. The summed E-state index contributed by atoms with van der Waals surface area (Å²) in [6.45, 7) is 11.0. The van der Waals surface area contributed by atoms with Crippen LogP contribution in [-0.4, -0.2) is 50.6 Å². The molecule has 1 unspecified atom stereocenters. The Balaban J connectivity index is 1.37. The van der Waals surface area contributed by atoms with Crippen LogP contribution in [0.25, 0.3) is 11.1 Å². The van der Waals surface area contributed by atoms with Gasteiger partial charge in [-0.25, -0.2) is 14.0 Å². The number of esters is 2. The molecule has 1 saturated heterocycles. The average Bonchev–Trinajstić information content (AvgIpc) is 3.13. The molecule has 0 radical (unpaired) electrons. The Labute approximate surface area is 310 Å². The van der Waals surface area contributed by atoms with E-state index >= 15 is 4.39 Å². The van der Waals surface area contributed by atoms with Gasteiger partial charge in [0.15, 0.2) is 0 Å². The van der Waals surface area contributed by atoms with Crippen LogP contribution in [0.3, 0.4) is 0 Å². The second-order valence-electron chi connectivity index (χ2n) is 14.6. The summed E-state index contributed by atoms with van der Waals surface area (Å²) in [5.41, 5.74) is 1.98. The van der Waals surface area contributed by atoms with Crippen molar-refractivity contribution >= 4 is 11.9 Å². The van der Waals surface area contributed by atoms with Crippen molar-refractivity contribution in [2.45, 2.75) is 123 Å². The molecule has 1 fully saturated rings. The minimum Gasteiger partial charge on any atom is -0.493 e. The van der Waals surface area contributed by atoms with E-state index in [2.05, 4.69) is 20.8 Å². The molecule has 52 heavy (non-hydrogen) atoms. The van der Waals surface area contributed by atoms with Gasteiger partial charge in [0.2, 0.25) is 0 Å². The molecule has 1 aliphatic rings. The first kappa shape index (κ1) is 41.0. The molecule has 4 rings (SSSR count). The molecular formula is C44H59FO7. The molecule has 3 aromatic carbocycles. The molecule has 0 amide bonds. The summed E-state index contributed by atoms with van der Waals surface area (Å²) in [6.07, 6.45) is 13.6. The summed E-state index contributed by atoms with van der Waals surface area (Å²) in [4.78, 5) is 25.9. The van der Waals surface area contributed by atoms with Gasteiger partial charge in [0, 0.05) is 17.0 Å². The Morgan fingerprint density at radius 3 is 2.19 bits per heavy atom. The minimum absolute atomic E-state index is 0.00988. The highest BCUT2D eigenvalue weighted by atomic mass is 19.1. The monoisotopic (exact) mass is 718 g/mol. The van der Waals surface area contributed by atoms with Crippen LogP contribution in [0.1, 0.15) is 132 Å². The van der Waals surface area contributed by atoms with Crippen LogP contribution in [0.5, 0.6) is 11.5 Å². The largest absolute Gasteiger partial charge is 0.493 e. The van der Waals surface area contributed by atoms with Crippen molar-refractivity contribution in [3.05, 3.63) is 83.7 Å². The lowest BCUT2D eigenvalue weighted by Crippen LogP contribution is -2.44. The first-order valence-corrected chi connectivity index (χ1v) is 19.5. The third-order valence-corrected chi connectivity index (χ3v) is 9.57. The second kappa shape index (κ2) is 21.7. The lowest BCUT2D eigenvalue weighted by atomic mass is 9.90. The lowest BCUT2D eigenvalue weighted by Gasteiger charge is -2.38. The van der Waals surface area contributed by atoms with Crippen molar-refractivity contribution in [3.8, 4) is 22.6 Å². The summed E-state index contributed by atoms with van der Waals surface area (Å²) < 4.78 is 44.2. The van der Waals surface area contributed by atoms with Crippen LogP contribution in [0.2, 0.25) is 0 Å². The Morgan fingerprint density at radius 1 is 0.808 bits per heavy atom. The first-order valence-electron chi connectivity index (χ1n) is 19.5. The Hall–Kier alpha value is -3.75. The number of hydrogen-bond donors (Lipinski definition) is 0. The number of benzene rings is 3. The van der Waals surface area contributed by atoms with Crippen molar-refractivity contribution in [1.29, 1.82) is 0 Å². The number of ether oxygens (including phenoxy) is 5. The molecule has 284 valence electrons. The topological polar surface area (TPSA) is 80.3 Å². The molecule has 3 aromatic rings. The number of hydrogen-bond acceptors (Lipinski definition) is 7. The van der Waals surface area contributed by atoms with E-state index in [0.717, 1.165) is 88.2 Å². The van der Waals surface area contributed by atoms with Gasteiger partial charge in [-0.1, -0.05) is 102 Å². The molecule has 1 aliphatic heterocycles. The highest BCUT2D eigenvalue weighted by Gasteiger charge is 2.34. The van der Waals surface area contributed by atoms with Crippen LogP contribution in [0, 0.1) is 11.2 Å². The SMILES string of the molecule is CCCCCCCC(CCCOc1cc(C(=O)Oc2ccc(C(=O)O[C@H](C)CCCCCC)c(F)c2)ccc1-c1ccccc1)OCC1(C)COC1. The maximum absolute atomic E-state index is 15.0. The summed E-state index contributed by atoms with van der Waals surface area (Å²) >= 11 is 0. The molecule has 1 heterocycles. The van der Waals surface area contributed by atoms with E-state index in [1.165, 1.54) is 37.8 Å². The van der Waals surface area contributed by atoms with Gasteiger partial charge in [-0.05, 0) is 74.9 Å². The minimum atomic E-state index is -0.810. The van der Waals surface area contributed by atoms with Gasteiger partial charge in [-0.15, -0.1) is 0 Å². The van der Waals surface area contributed by atoms with E-state index in [-0.39, 0.29) is 34.5 Å². The van der Waals surface area contributed by atoms with E-state index < -0.39 is 17.8 Å². The van der Waals surface area contributed by atoms with Crippen LogP contribution in [0.4, 0.5) is 4.39 Å². The van der Waals surface area contributed by atoms with Crippen molar-refractivity contribution in [3.63, 3.8) is 0 Å². The molecule has 0 spiro atoms. The van der Waals surface area contributed by atoms with Crippen molar-refractivity contribution < 1.29 is 37.7 Å². The van der Waals surface area contributed by atoms with Crippen LogP contribution in [-0.2, 0) is 14.2 Å². The Bertz CT molecular complexity index is 1520. The maximum Gasteiger partial charge on any atom is 0.343 e. The molecule has 7 nitrogen and oxygen atoms in total. The quantitative estimate of drug-likeness (QED) is 0.0518. The predicted octanol–water partition coefficient (Wildman–Crippen LogP) is 11.2. The molecule has 0 aromatic heterocycles. The number of unbranched alkanes of at least 4 members (excludes halogenated alkanes) is 7. The lowest BCUT2D eigenvalue weighted by molar-refractivity contribution is -0.150. The van der Waals surface area contributed by atoms with Crippen LogP contribution in [0.15, 0.2) is 66.7 Å². The summed E-state index contributed by atoms with van der Waals surface area (Å²) in [5.74, 6) is -1.65. The molecule has 2 atom stereocenters. The summed E-state index contributed by atoms with van der Waals surface area (Å²) in [6, 6.07) is 18.8.